The van der Waals surface area contributed by atoms with Crippen molar-refractivity contribution in [3.8, 4) is 0 Å². The topological polar surface area (TPSA) is 58.4 Å². The number of hydrogen-bond acceptors (Lipinski definition) is 3. The molecule has 1 aliphatic rings. The molecule has 3 unspecified atom stereocenters. The molecular formula is C16H33N3O. The first-order valence-electron chi connectivity index (χ1n) is 8.30. The summed E-state index contributed by atoms with van der Waals surface area (Å²) in [5.41, 5.74) is 5.26. The molecule has 3 atom stereocenters. The smallest absolute Gasteiger partial charge is 0.238 e. The van der Waals surface area contributed by atoms with E-state index in [1.54, 1.807) is 0 Å². The Morgan fingerprint density at radius 2 is 2.15 bits per heavy atom. The molecule has 0 bridgehead atoms. The fraction of sp³-hybridized carbons (Fsp3) is 0.938. The van der Waals surface area contributed by atoms with Crippen molar-refractivity contribution in [3.05, 3.63) is 0 Å². The lowest BCUT2D eigenvalue weighted by atomic mass is 9.83. The van der Waals surface area contributed by atoms with E-state index < -0.39 is 5.54 Å². The van der Waals surface area contributed by atoms with Crippen LogP contribution in [0.2, 0.25) is 0 Å². The highest BCUT2D eigenvalue weighted by Gasteiger charge is 2.46. The molecule has 4 heteroatoms. The summed E-state index contributed by atoms with van der Waals surface area (Å²) in [5, 5.41) is 3.40. The molecule has 1 amide bonds. The van der Waals surface area contributed by atoms with Crippen LogP contribution in [0.1, 0.15) is 59.8 Å². The normalized spacial score (nSPS) is 27.9. The number of carbonyl (C=O) groups excluding carboxylic acids is 1. The second-order valence-corrected chi connectivity index (χ2v) is 6.13. The third-order valence-corrected chi connectivity index (χ3v) is 5.14. The van der Waals surface area contributed by atoms with Crippen molar-refractivity contribution in [1.82, 2.24) is 10.2 Å². The van der Waals surface area contributed by atoms with Gasteiger partial charge in [0.15, 0.2) is 0 Å². The maximum Gasteiger partial charge on any atom is 0.238 e. The van der Waals surface area contributed by atoms with Crippen molar-refractivity contribution >= 4 is 5.91 Å². The van der Waals surface area contributed by atoms with Crippen LogP contribution in [0, 0.1) is 5.92 Å². The van der Waals surface area contributed by atoms with Gasteiger partial charge in [-0.1, -0.05) is 27.2 Å². The number of nitrogens with zero attached hydrogens (tertiary/aromatic N) is 1. The molecule has 1 saturated carbocycles. The Morgan fingerprint density at radius 1 is 1.45 bits per heavy atom. The summed E-state index contributed by atoms with van der Waals surface area (Å²) in [7, 11) is 0. The number of nitrogens with one attached hydrogen (secondary N) is 1. The average Bonchev–Trinajstić information content (AvgIpc) is 2.84. The second kappa shape index (κ2) is 7.99. The highest BCUT2D eigenvalue weighted by molar-refractivity contribution is 5.85. The summed E-state index contributed by atoms with van der Waals surface area (Å²) >= 11 is 0. The molecule has 118 valence electrons. The molecule has 0 aromatic rings. The van der Waals surface area contributed by atoms with Crippen LogP contribution in [-0.2, 0) is 4.79 Å². The van der Waals surface area contributed by atoms with E-state index >= 15 is 0 Å². The van der Waals surface area contributed by atoms with Gasteiger partial charge in [-0.2, -0.15) is 0 Å². The molecule has 0 aromatic heterocycles. The molecule has 0 radical (unpaired) electrons. The minimum Gasteiger partial charge on any atom is -0.368 e. The van der Waals surface area contributed by atoms with Gasteiger partial charge in [-0.3, -0.25) is 4.79 Å². The third kappa shape index (κ3) is 3.73. The molecule has 0 aliphatic heterocycles. The van der Waals surface area contributed by atoms with Gasteiger partial charge in [0.2, 0.25) is 5.91 Å². The van der Waals surface area contributed by atoms with E-state index in [1.165, 1.54) is 6.42 Å². The minimum absolute atomic E-state index is 0.159. The Balaban J connectivity index is 2.67. The maximum atomic E-state index is 12.0. The number of amides is 1. The van der Waals surface area contributed by atoms with Gasteiger partial charge in [-0.05, 0) is 58.2 Å². The van der Waals surface area contributed by atoms with Gasteiger partial charge in [0.25, 0.3) is 0 Å². The number of rotatable bonds is 9. The number of carbonyl (C=O) groups is 1. The Kier molecular flexibility index (Phi) is 6.96. The van der Waals surface area contributed by atoms with Crippen molar-refractivity contribution in [2.24, 2.45) is 11.7 Å². The van der Waals surface area contributed by atoms with Crippen LogP contribution in [0.15, 0.2) is 0 Å². The monoisotopic (exact) mass is 283 g/mol. The molecule has 3 N–H and O–H groups in total. The fourth-order valence-electron chi connectivity index (χ4n) is 3.70. The van der Waals surface area contributed by atoms with E-state index in [9.17, 15) is 4.79 Å². The highest BCUT2D eigenvalue weighted by Crippen LogP contribution is 2.38. The van der Waals surface area contributed by atoms with Crippen LogP contribution in [0.4, 0.5) is 0 Å². The molecular weight excluding hydrogens is 250 g/mol. The van der Waals surface area contributed by atoms with Gasteiger partial charge < -0.3 is 16.0 Å². The van der Waals surface area contributed by atoms with Crippen molar-refractivity contribution in [2.75, 3.05) is 19.6 Å². The van der Waals surface area contributed by atoms with Crippen molar-refractivity contribution in [3.63, 3.8) is 0 Å². The first kappa shape index (κ1) is 17.4. The van der Waals surface area contributed by atoms with E-state index in [1.807, 2.05) is 0 Å². The first-order valence-corrected chi connectivity index (χ1v) is 8.30. The molecule has 0 saturated heterocycles. The van der Waals surface area contributed by atoms with Gasteiger partial charge in [0, 0.05) is 6.04 Å². The molecule has 1 rings (SSSR count). The summed E-state index contributed by atoms with van der Waals surface area (Å²) in [4.78, 5) is 14.5. The van der Waals surface area contributed by atoms with Crippen LogP contribution in [0.5, 0.6) is 0 Å². The molecule has 0 spiro atoms. The fourth-order valence-corrected chi connectivity index (χ4v) is 3.70. The van der Waals surface area contributed by atoms with E-state index in [2.05, 4.69) is 37.9 Å². The summed E-state index contributed by atoms with van der Waals surface area (Å²) in [6.07, 6.45) is 5.36. The van der Waals surface area contributed by atoms with Crippen LogP contribution >= 0.6 is 0 Å². The lowest BCUT2D eigenvalue weighted by Crippen LogP contribution is -2.58. The largest absolute Gasteiger partial charge is 0.368 e. The van der Waals surface area contributed by atoms with Gasteiger partial charge >= 0.3 is 0 Å². The zero-order valence-corrected chi connectivity index (χ0v) is 13.7. The van der Waals surface area contributed by atoms with Gasteiger partial charge in [-0.25, -0.2) is 0 Å². The lowest BCUT2D eigenvalue weighted by molar-refractivity contribution is -0.126. The lowest BCUT2D eigenvalue weighted by Gasteiger charge is -2.35. The SMILES string of the molecule is CCNC1(C(N)=O)CCCC1CCN(CC)C(C)CC. The maximum absolute atomic E-state index is 12.0. The molecule has 4 nitrogen and oxygen atoms in total. The Bertz CT molecular complexity index is 308. The van der Waals surface area contributed by atoms with Crippen molar-refractivity contribution < 1.29 is 4.79 Å². The van der Waals surface area contributed by atoms with Crippen LogP contribution in [-0.4, -0.2) is 42.0 Å². The molecule has 20 heavy (non-hydrogen) atoms. The zero-order valence-electron chi connectivity index (χ0n) is 13.7. The van der Waals surface area contributed by atoms with Gasteiger partial charge in [-0.15, -0.1) is 0 Å². The van der Waals surface area contributed by atoms with Gasteiger partial charge in [0.05, 0.1) is 0 Å². The van der Waals surface area contributed by atoms with Crippen LogP contribution < -0.4 is 11.1 Å². The molecule has 1 fully saturated rings. The zero-order chi connectivity index (χ0) is 15.2. The number of hydrogen-bond donors (Lipinski definition) is 2. The van der Waals surface area contributed by atoms with Crippen LogP contribution in [0.3, 0.4) is 0 Å². The Hall–Kier alpha value is -0.610. The molecule has 0 aromatic carbocycles. The summed E-state index contributed by atoms with van der Waals surface area (Å²) in [6.45, 7) is 11.7. The van der Waals surface area contributed by atoms with Crippen molar-refractivity contribution in [2.45, 2.75) is 71.4 Å². The van der Waals surface area contributed by atoms with Crippen molar-refractivity contribution in [1.29, 1.82) is 0 Å². The summed E-state index contributed by atoms with van der Waals surface area (Å²) in [6, 6.07) is 0.614. The van der Waals surface area contributed by atoms with E-state index in [0.29, 0.717) is 12.0 Å². The predicted octanol–water partition coefficient (Wildman–Crippen LogP) is 2.13. The standard InChI is InChI=1S/C16H33N3O/c1-5-13(4)19(7-3)12-10-14-9-8-11-16(14,15(17)20)18-6-2/h13-14,18H,5-12H2,1-4H3,(H2,17,20). The van der Waals surface area contributed by atoms with Crippen LogP contribution in [0.25, 0.3) is 0 Å². The predicted molar refractivity (Wildman–Crippen MR) is 84.6 cm³/mol. The average molecular weight is 283 g/mol. The third-order valence-electron chi connectivity index (χ3n) is 5.14. The summed E-state index contributed by atoms with van der Waals surface area (Å²) in [5.74, 6) is 0.228. The van der Waals surface area contributed by atoms with Gasteiger partial charge in [0.1, 0.15) is 5.54 Å². The Morgan fingerprint density at radius 3 is 2.65 bits per heavy atom. The number of nitrogens with two attached hydrogens (primary N) is 1. The Labute approximate surface area is 124 Å². The minimum atomic E-state index is -0.455. The molecule has 1 aliphatic carbocycles. The second-order valence-electron chi connectivity index (χ2n) is 6.13. The highest BCUT2D eigenvalue weighted by atomic mass is 16.1. The van der Waals surface area contributed by atoms with E-state index in [-0.39, 0.29) is 5.91 Å². The number of likely N-dealkylation sites (N-methyl/N-ethyl adjacent to an activating group) is 1. The number of primary amides is 1. The van der Waals surface area contributed by atoms with E-state index in [0.717, 1.165) is 45.3 Å². The molecule has 0 heterocycles. The first-order chi connectivity index (χ1) is 9.51. The quantitative estimate of drug-likeness (QED) is 0.681. The van der Waals surface area contributed by atoms with E-state index in [4.69, 9.17) is 5.73 Å². The summed E-state index contributed by atoms with van der Waals surface area (Å²) < 4.78 is 0.